The van der Waals surface area contributed by atoms with Crippen molar-refractivity contribution in [3.8, 4) is 0 Å². The number of amides is 1. The molecular formula is C10H12N4O2. The van der Waals surface area contributed by atoms with Gasteiger partial charge in [-0.15, -0.1) is 0 Å². The van der Waals surface area contributed by atoms with Gasteiger partial charge in [-0.2, -0.15) is 5.10 Å². The maximum absolute atomic E-state index is 11.8. The van der Waals surface area contributed by atoms with E-state index in [2.05, 4.69) is 20.5 Å². The molecule has 0 aliphatic carbocycles. The lowest BCUT2D eigenvalue weighted by Crippen LogP contribution is -2.12. The Morgan fingerprint density at radius 2 is 2.19 bits per heavy atom. The SMILES string of the molecule is Cc1cc(NC(=O)c2oc(C)nc2C)n[nH]1. The molecule has 2 N–H and O–H groups in total. The molecule has 6 nitrogen and oxygen atoms in total. The van der Waals surface area contributed by atoms with Crippen molar-refractivity contribution in [1.29, 1.82) is 0 Å². The first-order chi connectivity index (χ1) is 7.56. The van der Waals surface area contributed by atoms with Gasteiger partial charge in [0, 0.05) is 18.7 Å². The fraction of sp³-hybridized carbons (Fsp3) is 0.300. The zero-order chi connectivity index (χ0) is 11.7. The van der Waals surface area contributed by atoms with Crippen LogP contribution in [0.4, 0.5) is 5.82 Å². The summed E-state index contributed by atoms with van der Waals surface area (Å²) < 4.78 is 5.19. The highest BCUT2D eigenvalue weighted by atomic mass is 16.4. The van der Waals surface area contributed by atoms with Crippen LogP contribution in [0.2, 0.25) is 0 Å². The molecule has 0 fully saturated rings. The molecule has 0 saturated carbocycles. The van der Waals surface area contributed by atoms with Gasteiger partial charge < -0.3 is 9.73 Å². The first-order valence-corrected chi connectivity index (χ1v) is 4.83. The fourth-order valence-corrected chi connectivity index (χ4v) is 1.40. The Labute approximate surface area is 92.1 Å². The number of hydrogen-bond donors (Lipinski definition) is 2. The largest absolute Gasteiger partial charge is 0.436 e. The van der Waals surface area contributed by atoms with Gasteiger partial charge in [0.25, 0.3) is 5.91 Å². The van der Waals surface area contributed by atoms with Crippen LogP contribution >= 0.6 is 0 Å². The number of carbonyl (C=O) groups is 1. The Kier molecular flexibility index (Phi) is 2.47. The summed E-state index contributed by atoms with van der Waals surface area (Å²) in [7, 11) is 0. The second-order valence-corrected chi connectivity index (χ2v) is 3.54. The number of nitrogens with zero attached hydrogens (tertiary/aromatic N) is 2. The molecule has 84 valence electrons. The van der Waals surface area contributed by atoms with E-state index in [9.17, 15) is 4.79 Å². The Bertz CT molecular complexity index is 527. The lowest BCUT2D eigenvalue weighted by molar-refractivity contribution is 0.0994. The van der Waals surface area contributed by atoms with E-state index in [0.29, 0.717) is 17.4 Å². The number of rotatable bonds is 2. The number of anilines is 1. The van der Waals surface area contributed by atoms with Crippen molar-refractivity contribution in [3.05, 3.63) is 29.1 Å². The first-order valence-electron chi connectivity index (χ1n) is 4.83. The summed E-state index contributed by atoms with van der Waals surface area (Å²) in [5, 5.41) is 9.25. The van der Waals surface area contributed by atoms with Crippen molar-refractivity contribution < 1.29 is 9.21 Å². The summed E-state index contributed by atoms with van der Waals surface area (Å²) in [5.74, 6) is 0.819. The predicted molar refractivity (Wildman–Crippen MR) is 57.3 cm³/mol. The molecule has 16 heavy (non-hydrogen) atoms. The van der Waals surface area contributed by atoms with Crippen LogP contribution in [-0.2, 0) is 0 Å². The Balaban J connectivity index is 2.17. The van der Waals surface area contributed by atoms with Gasteiger partial charge in [-0.1, -0.05) is 0 Å². The van der Waals surface area contributed by atoms with Crippen molar-refractivity contribution in [2.45, 2.75) is 20.8 Å². The summed E-state index contributed by atoms with van der Waals surface area (Å²) in [5.41, 5.74) is 1.45. The average Bonchev–Trinajstić information content (AvgIpc) is 2.73. The second kappa shape index (κ2) is 3.80. The van der Waals surface area contributed by atoms with Crippen molar-refractivity contribution in [3.63, 3.8) is 0 Å². The third kappa shape index (κ3) is 1.95. The summed E-state index contributed by atoms with van der Waals surface area (Å²) in [6, 6.07) is 1.73. The van der Waals surface area contributed by atoms with Crippen LogP contribution in [0.25, 0.3) is 0 Å². The van der Waals surface area contributed by atoms with E-state index >= 15 is 0 Å². The van der Waals surface area contributed by atoms with E-state index in [1.54, 1.807) is 19.9 Å². The number of hydrogen-bond acceptors (Lipinski definition) is 4. The highest BCUT2D eigenvalue weighted by Crippen LogP contribution is 2.12. The topological polar surface area (TPSA) is 83.8 Å². The highest BCUT2D eigenvalue weighted by Gasteiger charge is 2.16. The van der Waals surface area contributed by atoms with Gasteiger partial charge in [-0.05, 0) is 13.8 Å². The second-order valence-electron chi connectivity index (χ2n) is 3.54. The van der Waals surface area contributed by atoms with Crippen molar-refractivity contribution in [1.82, 2.24) is 15.2 Å². The molecule has 2 rings (SSSR count). The molecule has 0 spiro atoms. The number of oxazole rings is 1. The van der Waals surface area contributed by atoms with Crippen molar-refractivity contribution in [2.75, 3.05) is 5.32 Å². The normalized spacial score (nSPS) is 10.4. The molecule has 0 aromatic carbocycles. The number of nitrogens with one attached hydrogen (secondary N) is 2. The molecule has 2 heterocycles. The molecule has 6 heteroatoms. The zero-order valence-electron chi connectivity index (χ0n) is 9.29. The van der Waals surface area contributed by atoms with Crippen LogP contribution in [0.5, 0.6) is 0 Å². The molecule has 1 amide bonds. The summed E-state index contributed by atoms with van der Waals surface area (Å²) in [6.45, 7) is 5.27. The lowest BCUT2D eigenvalue weighted by Gasteiger charge is -1.97. The summed E-state index contributed by atoms with van der Waals surface area (Å²) >= 11 is 0. The Morgan fingerprint density at radius 1 is 1.44 bits per heavy atom. The smallest absolute Gasteiger partial charge is 0.294 e. The molecule has 0 aliphatic heterocycles. The molecule has 0 saturated heterocycles. The van der Waals surface area contributed by atoms with Gasteiger partial charge in [-0.25, -0.2) is 4.98 Å². The Morgan fingerprint density at radius 3 is 2.69 bits per heavy atom. The number of aryl methyl sites for hydroxylation is 3. The van der Waals surface area contributed by atoms with Gasteiger partial charge in [0.1, 0.15) is 0 Å². The molecule has 0 radical (unpaired) electrons. The zero-order valence-corrected chi connectivity index (χ0v) is 9.29. The van der Waals surface area contributed by atoms with Crippen LogP contribution in [0.3, 0.4) is 0 Å². The van der Waals surface area contributed by atoms with E-state index < -0.39 is 0 Å². The van der Waals surface area contributed by atoms with E-state index in [0.717, 1.165) is 5.69 Å². The summed E-state index contributed by atoms with van der Waals surface area (Å²) in [4.78, 5) is 15.8. The third-order valence-corrected chi connectivity index (χ3v) is 2.06. The van der Waals surface area contributed by atoms with Gasteiger partial charge in [0.05, 0.1) is 5.69 Å². The van der Waals surface area contributed by atoms with Crippen LogP contribution in [0.15, 0.2) is 10.5 Å². The van der Waals surface area contributed by atoms with Gasteiger partial charge >= 0.3 is 0 Å². The fourth-order valence-electron chi connectivity index (χ4n) is 1.40. The first kappa shape index (κ1) is 10.4. The molecule has 0 bridgehead atoms. The maximum Gasteiger partial charge on any atom is 0.294 e. The number of aromatic amines is 1. The molecule has 0 aliphatic rings. The van der Waals surface area contributed by atoms with E-state index in [1.807, 2.05) is 6.92 Å². The predicted octanol–water partition coefficient (Wildman–Crippen LogP) is 1.58. The number of aromatic nitrogens is 3. The van der Waals surface area contributed by atoms with Crippen molar-refractivity contribution >= 4 is 11.7 Å². The standard InChI is InChI=1S/C10H12N4O2/c1-5-4-8(14-13-5)12-10(15)9-6(2)11-7(3)16-9/h4H,1-3H3,(H2,12,13,14,15). The minimum Gasteiger partial charge on any atom is -0.436 e. The third-order valence-electron chi connectivity index (χ3n) is 2.06. The molecule has 0 unspecified atom stereocenters. The van der Waals surface area contributed by atoms with Crippen molar-refractivity contribution in [2.24, 2.45) is 0 Å². The van der Waals surface area contributed by atoms with Gasteiger partial charge in [0.2, 0.25) is 5.76 Å². The van der Waals surface area contributed by atoms with Crippen LogP contribution in [0.1, 0.15) is 27.8 Å². The molecule has 2 aromatic heterocycles. The van der Waals surface area contributed by atoms with Crippen LogP contribution in [0, 0.1) is 20.8 Å². The lowest BCUT2D eigenvalue weighted by atomic mass is 10.3. The van der Waals surface area contributed by atoms with E-state index in [1.165, 1.54) is 0 Å². The Hall–Kier alpha value is -2.11. The van der Waals surface area contributed by atoms with Gasteiger partial charge in [0.15, 0.2) is 11.7 Å². The van der Waals surface area contributed by atoms with Crippen LogP contribution in [-0.4, -0.2) is 21.1 Å². The number of carbonyl (C=O) groups excluding carboxylic acids is 1. The van der Waals surface area contributed by atoms with Gasteiger partial charge in [-0.3, -0.25) is 9.89 Å². The molecule has 2 aromatic rings. The van der Waals surface area contributed by atoms with Crippen LogP contribution < -0.4 is 5.32 Å². The quantitative estimate of drug-likeness (QED) is 0.804. The maximum atomic E-state index is 11.8. The average molecular weight is 220 g/mol. The monoisotopic (exact) mass is 220 g/mol. The minimum atomic E-state index is -0.343. The molecular weight excluding hydrogens is 208 g/mol. The van der Waals surface area contributed by atoms with E-state index in [4.69, 9.17) is 4.42 Å². The highest BCUT2D eigenvalue weighted by molar-refractivity contribution is 6.02. The minimum absolute atomic E-state index is 0.221. The molecule has 0 atom stereocenters. The van der Waals surface area contributed by atoms with E-state index in [-0.39, 0.29) is 11.7 Å². The number of H-pyrrole nitrogens is 1. The summed E-state index contributed by atoms with van der Waals surface area (Å²) in [6.07, 6.45) is 0.